The summed E-state index contributed by atoms with van der Waals surface area (Å²) in [7, 11) is 1.76. The van der Waals surface area contributed by atoms with Crippen molar-refractivity contribution in [1.82, 2.24) is 19.8 Å². The highest BCUT2D eigenvalue weighted by molar-refractivity contribution is 5.95. The zero-order valence-electron chi connectivity index (χ0n) is 16.9. The summed E-state index contributed by atoms with van der Waals surface area (Å²) in [4.78, 5) is 48.1. The van der Waals surface area contributed by atoms with Crippen molar-refractivity contribution in [2.24, 2.45) is 0 Å². The van der Waals surface area contributed by atoms with Gasteiger partial charge in [0, 0.05) is 49.8 Å². The summed E-state index contributed by atoms with van der Waals surface area (Å²) in [6, 6.07) is 3.54. The molecule has 1 N–H and O–H groups in total. The van der Waals surface area contributed by atoms with Gasteiger partial charge in [-0.1, -0.05) is 0 Å². The van der Waals surface area contributed by atoms with Crippen molar-refractivity contribution >= 4 is 11.8 Å². The average molecular weight is 394 g/mol. The van der Waals surface area contributed by atoms with Crippen molar-refractivity contribution in [3.8, 4) is 0 Å². The summed E-state index contributed by atoms with van der Waals surface area (Å²) < 4.78 is 0. The Hall–Kier alpha value is -2.96. The zero-order chi connectivity index (χ0) is 20.5. The Balaban J connectivity index is 1.47. The highest BCUT2D eigenvalue weighted by Crippen LogP contribution is 2.23. The van der Waals surface area contributed by atoms with Crippen LogP contribution in [0.15, 0.2) is 29.3 Å². The third-order valence-corrected chi connectivity index (χ3v) is 6.05. The van der Waals surface area contributed by atoms with E-state index in [1.807, 2.05) is 11.0 Å². The van der Waals surface area contributed by atoms with E-state index in [0.29, 0.717) is 29.8 Å². The molecule has 0 bridgehead atoms. The molecule has 0 saturated carbocycles. The van der Waals surface area contributed by atoms with E-state index in [2.05, 4.69) is 9.97 Å². The molecule has 0 radical (unpaired) electrons. The van der Waals surface area contributed by atoms with Gasteiger partial charge in [0.1, 0.15) is 0 Å². The normalized spacial score (nSPS) is 18.4. The molecule has 2 aliphatic rings. The Labute approximate surface area is 169 Å². The summed E-state index contributed by atoms with van der Waals surface area (Å²) >= 11 is 0. The second-order valence-electron chi connectivity index (χ2n) is 8.05. The quantitative estimate of drug-likeness (QED) is 0.862. The van der Waals surface area contributed by atoms with E-state index >= 15 is 0 Å². The predicted molar refractivity (Wildman–Crippen MR) is 109 cm³/mol. The van der Waals surface area contributed by atoms with Gasteiger partial charge in [-0.2, -0.15) is 0 Å². The molecule has 2 aromatic heterocycles. The van der Waals surface area contributed by atoms with Crippen LogP contribution < -0.4 is 5.56 Å². The molecule has 29 heavy (non-hydrogen) atoms. The Morgan fingerprint density at radius 3 is 2.83 bits per heavy atom. The zero-order valence-corrected chi connectivity index (χ0v) is 16.9. The van der Waals surface area contributed by atoms with Crippen molar-refractivity contribution in [2.45, 2.75) is 45.1 Å². The van der Waals surface area contributed by atoms with E-state index in [0.717, 1.165) is 37.8 Å². The van der Waals surface area contributed by atoms with Gasteiger partial charge in [-0.15, -0.1) is 0 Å². The molecule has 1 aliphatic heterocycles. The molecule has 1 fully saturated rings. The number of rotatable bonds is 3. The van der Waals surface area contributed by atoms with Crippen LogP contribution >= 0.6 is 0 Å². The van der Waals surface area contributed by atoms with Crippen LogP contribution in [-0.4, -0.2) is 57.8 Å². The number of aromatic nitrogens is 2. The molecule has 1 saturated heterocycles. The number of likely N-dealkylation sites (tertiary alicyclic amines) is 1. The minimum absolute atomic E-state index is 0.0161. The van der Waals surface area contributed by atoms with Crippen molar-refractivity contribution < 1.29 is 9.59 Å². The fourth-order valence-electron chi connectivity index (χ4n) is 4.27. The van der Waals surface area contributed by atoms with E-state index in [-0.39, 0.29) is 23.4 Å². The molecule has 7 heteroatoms. The Morgan fingerprint density at radius 2 is 2.03 bits per heavy atom. The number of amides is 2. The molecule has 2 aromatic rings. The molecular weight excluding hydrogens is 368 g/mol. The molecule has 0 unspecified atom stereocenters. The largest absolute Gasteiger partial charge is 0.337 e. The first kappa shape index (κ1) is 19.4. The van der Waals surface area contributed by atoms with E-state index in [1.54, 1.807) is 31.1 Å². The number of hydrogen-bond donors (Lipinski definition) is 1. The van der Waals surface area contributed by atoms with Crippen LogP contribution in [0, 0.1) is 6.92 Å². The highest BCUT2D eigenvalue weighted by atomic mass is 16.2. The van der Waals surface area contributed by atoms with Gasteiger partial charge in [0.15, 0.2) is 0 Å². The maximum atomic E-state index is 13.0. The van der Waals surface area contributed by atoms with Gasteiger partial charge < -0.3 is 14.8 Å². The number of likely N-dealkylation sites (N-methyl/N-ethyl adjacent to an activating group) is 1. The smallest absolute Gasteiger partial charge is 0.255 e. The first-order valence-corrected chi connectivity index (χ1v) is 10.2. The SMILES string of the molecule is Cc1cc(C(=O)N(C)[C@H]2CCCN(C(=O)c3cnc4c(c3)CCC4)C2)c[nH]c1=O. The molecule has 2 amide bonds. The van der Waals surface area contributed by atoms with Gasteiger partial charge in [0.05, 0.1) is 11.1 Å². The van der Waals surface area contributed by atoms with Crippen LogP contribution in [0.3, 0.4) is 0 Å². The fourth-order valence-corrected chi connectivity index (χ4v) is 4.27. The van der Waals surface area contributed by atoms with Gasteiger partial charge in [-0.3, -0.25) is 19.4 Å². The second kappa shape index (κ2) is 7.81. The van der Waals surface area contributed by atoms with Crippen molar-refractivity contribution in [3.63, 3.8) is 0 Å². The first-order valence-electron chi connectivity index (χ1n) is 10.2. The standard InChI is InChI=1S/C22H26N4O3/c1-14-9-16(12-24-20(14)27)21(28)25(2)18-6-4-8-26(13-18)22(29)17-10-15-5-3-7-19(15)23-11-17/h9-12,18H,3-8,13H2,1-2H3,(H,24,27)/t18-/m0/s1. The first-order chi connectivity index (χ1) is 13.9. The van der Waals surface area contributed by atoms with Crippen LogP contribution in [0.1, 0.15) is 56.8 Å². The van der Waals surface area contributed by atoms with Crippen molar-refractivity contribution in [2.75, 3.05) is 20.1 Å². The van der Waals surface area contributed by atoms with Crippen LogP contribution in [0.5, 0.6) is 0 Å². The maximum absolute atomic E-state index is 13.0. The van der Waals surface area contributed by atoms with Gasteiger partial charge in [-0.25, -0.2) is 0 Å². The highest BCUT2D eigenvalue weighted by Gasteiger charge is 2.30. The molecule has 0 spiro atoms. The van der Waals surface area contributed by atoms with Gasteiger partial charge >= 0.3 is 0 Å². The fraction of sp³-hybridized carbons (Fsp3) is 0.455. The number of H-pyrrole nitrogens is 1. The van der Waals surface area contributed by atoms with E-state index in [4.69, 9.17) is 0 Å². The Morgan fingerprint density at radius 1 is 1.21 bits per heavy atom. The number of aryl methyl sites for hydroxylation is 3. The molecule has 0 aromatic carbocycles. The topological polar surface area (TPSA) is 86.4 Å². The summed E-state index contributed by atoms with van der Waals surface area (Å²) in [5.74, 6) is -0.166. The van der Waals surface area contributed by atoms with Crippen LogP contribution in [0.25, 0.3) is 0 Å². The number of carbonyl (C=O) groups is 2. The Kier molecular flexibility index (Phi) is 5.22. The van der Waals surface area contributed by atoms with E-state index in [1.165, 1.54) is 11.8 Å². The van der Waals surface area contributed by atoms with Crippen LogP contribution in [0.2, 0.25) is 0 Å². The van der Waals surface area contributed by atoms with Crippen LogP contribution in [0.4, 0.5) is 0 Å². The lowest BCUT2D eigenvalue weighted by Crippen LogP contribution is -2.50. The lowest BCUT2D eigenvalue weighted by Gasteiger charge is -2.37. The number of pyridine rings is 2. The lowest BCUT2D eigenvalue weighted by atomic mass is 10.0. The Bertz CT molecular complexity index is 1010. The summed E-state index contributed by atoms with van der Waals surface area (Å²) in [5, 5.41) is 0. The third kappa shape index (κ3) is 3.81. The van der Waals surface area contributed by atoms with E-state index < -0.39 is 0 Å². The number of aromatic amines is 1. The number of nitrogens with zero attached hydrogens (tertiary/aromatic N) is 3. The summed E-state index contributed by atoms with van der Waals surface area (Å²) in [6.45, 7) is 2.87. The van der Waals surface area contributed by atoms with Gasteiger partial charge in [-0.05, 0) is 56.7 Å². The maximum Gasteiger partial charge on any atom is 0.255 e. The molecule has 1 atom stereocenters. The predicted octanol–water partition coefficient (Wildman–Crippen LogP) is 1.94. The molecule has 152 valence electrons. The minimum Gasteiger partial charge on any atom is -0.337 e. The third-order valence-electron chi connectivity index (χ3n) is 6.05. The lowest BCUT2D eigenvalue weighted by molar-refractivity contribution is 0.0520. The molecular formula is C22H26N4O3. The van der Waals surface area contributed by atoms with Crippen LogP contribution in [-0.2, 0) is 12.8 Å². The van der Waals surface area contributed by atoms with Crippen molar-refractivity contribution in [3.05, 3.63) is 62.8 Å². The number of piperidine rings is 1. The number of nitrogens with one attached hydrogen (secondary N) is 1. The number of fused-ring (bicyclic) bond motifs is 1. The second-order valence-corrected chi connectivity index (χ2v) is 8.05. The van der Waals surface area contributed by atoms with Gasteiger partial charge in [0.2, 0.25) is 0 Å². The molecule has 3 heterocycles. The average Bonchev–Trinajstić information content (AvgIpc) is 3.22. The number of carbonyl (C=O) groups excluding carboxylic acids is 2. The number of hydrogen-bond acceptors (Lipinski definition) is 4. The molecule has 1 aliphatic carbocycles. The van der Waals surface area contributed by atoms with Crippen molar-refractivity contribution in [1.29, 1.82) is 0 Å². The molecule has 7 nitrogen and oxygen atoms in total. The monoisotopic (exact) mass is 394 g/mol. The van der Waals surface area contributed by atoms with E-state index in [9.17, 15) is 14.4 Å². The minimum atomic E-state index is -0.193. The summed E-state index contributed by atoms with van der Waals surface area (Å²) in [6.07, 6.45) is 7.91. The molecule has 4 rings (SSSR count). The summed E-state index contributed by atoms with van der Waals surface area (Å²) in [5.41, 5.74) is 3.70. The van der Waals surface area contributed by atoms with Gasteiger partial charge in [0.25, 0.3) is 17.4 Å².